The molecule has 1 aliphatic heterocycles. The van der Waals surface area contributed by atoms with Crippen LogP contribution in [0.5, 0.6) is 0 Å². The molecule has 2 heterocycles. The summed E-state index contributed by atoms with van der Waals surface area (Å²) in [7, 11) is -4.08. The van der Waals surface area contributed by atoms with Gasteiger partial charge in [-0.1, -0.05) is 6.92 Å². The predicted molar refractivity (Wildman–Crippen MR) is 95.5 cm³/mol. The van der Waals surface area contributed by atoms with Gasteiger partial charge in [0.15, 0.2) is 0 Å². The summed E-state index contributed by atoms with van der Waals surface area (Å²) in [6.07, 6.45) is 3.20. The normalized spacial score (nSPS) is 19.0. The van der Waals surface area contributed by atoms with Crippen molar-refractivity contribution in [2.75, 3.05) is 32.7 Å². The van der Waals surface area contributed by atoms with Crippen LogP contribution < -0.4 is 5.32 Å². The van der Waals surface area contributed by atoms with Gasteiger partial charge in [-0.2, -0.15) is 0 Å². The summed E-state index contributed by atoms with van der Waals surface area (Å²) < 4.78 is 24.5. The number of piperazine rings is 1. The lowest BCUT2D eigenvalue weighted by atomic mass is 10.3. The van der Waals surface area contributed by atoms with E-state index in [1.807, 2.05) is 6.92 Å². The second-order valence-corrected chi connectivity index (χ2v) is 9.61. The van der Waals surface area contributed by atoms with Crippen molar-refractivity contribution in [2.45, 2.75) is 36.4 Å². The third-order valence-electron chi connectivity index (χ3n) is 4.61. The smallest absolute Gasteiger partial charge is 0.339 e. The molecule has 0 bridgehead atoms. The molecule has 7 nitrogen and oxygen atoms in total. The van der Waals surface area contributed by atoms with Gasteiger partial charge in [-0.25, -0.2) is 8.42 Å². The van der Waals surface area contributed by atoms with Crippen LogP contribution in [-0.2, 0) is 21.1 Å². The Kier molecular flexibility index (Phi) is 5.45. The van der Waals surface area contributed by atoms with E-state index in [0.717, 1.165) is 29.3 Å². The second kappa shape index (κ2) is 7.43. The SMILES string of the molecule is CCc1ccc(S(=O)(=O)C(=O)NCC(=O)N2CCN(C3CC3)CC2)s1. The Morgan fingerprint density at radius 2 is 1.88 bits per heavy atom. The minimum atomic E-state index is -4.08. The molecule has 1 N–H and O–H groups in total. The van der Waals surface area contributed by atoms with E-state index in [1.54, 1.807) is 11.0 Å². The van der Waals surface area contributed by atoms with Crippen LogP contribution in [0, 0.1) is 0 Å². The Morgan fingerprint density at radius 1 is 1.20 bits per heavy atom. The minimum absolute atomic E-state index is 0.0207. The second-order valence-electron chi connectivity index (χ2n) is 6.37. The first-order valence-electron chi connectivity index (χ1n) is 8.55. The Morgan fingerprint density at radius 3 is 2.44 bits per heavy atom. The van der Waals surface area contributed by atoms with Crippen molar-refractivity contribution in [2.24, 2.45) is 0 Å². The highest BCUT2D eigenvalue weighted by Gasteiger charge is 2.33. The lowest BCUT2D eigenvalue weighted by Gasteiger charge is -2.34. The van der Waals surface area contributed by atoms with Crippen LogP contribution in [0.15, 0.2) is 16.3 Å². The van der Waals surface area contributed by atoms with Crippen LogP contribution in [0.3, 0.4) is 0 Å². The molecule has 2 aliphatic rings. The number of hydrogen-bond acceptors (Lipinski definition) is 6. The van der Waals surface area contributed by atoms with Gasteiger partial charge in [0, 0.05) is 37.1 Å². The third kappa shape index (κ3) is 4.21. The van der Waals surface area contributed by atoms with Gasteiger partial charge in [0.1, 0.15) is 4.21 Å². The Balaban J connectivity index is 1.50. The summed E-state index contributed by atoms with van der Waals surface area (Å²) in [5.74, 6) is -0.237. The van der Waals surface area contributed by atoms with Crippen LogP contribution in [0.4, 0.5) is 4.79 Å². The molecule has 3 rings (SSSR count). The molecule has 1 saturated heterocycles. The minimum Gasteiger partial charge on any atom is -0.339 e. The average Bonchev–Trinajstić information content (AvgIpc) is 3.35. The molecule has 0 unspecified atom stereocenters. The summed E-state index contributed by atoms with van der Waals surface area (Å²) in [5, 5.41) is 1.16. The average molecular weight is 386 g/mol. The van der Waals surface area contributed by atoms with Crippen LogP contribution in [0.25, 0.3) is 0 Å². The molecule has 0 spiro atoms. The van der Waals surface area contributed by atoms with E-state index in [9.17, 15) is 18.0 Å². The number of thiophene rings is 1. The fourth-order valence-electron chi connectivity index (χ4n) is 2.91. The number of nitrogens with zero attached hydrogens (tertiary/aromatic N) is 2. The quantitative estimate of drug-likeness (QED) is 0.820. The van der Waals surface area contributed by atoms with E-state index < -0.39 is 15.1 Å². The standard InChI is InChI=1S/C16H23N3O4S2/c1-2-13-5-6-15(24-13)25(22,23)16(21)17-11-14(20)19-9-7-18(8-10-19)12-3-4-12/h5-6,12H,2-4,7-11H2,1H3,(H,17,21). The van der Waals surface area contributed by atoms with Gasteiger partial charge in [-0.15, -0.1) is 11.3 Å². The van der Waals surface area contributed by atoms with E-state index in [0.29, 0.717) is 25.6 Å². The van der Waals surface area contributed by atoms with Crippen molar-refractivity contribution in [3.8, 4) is 0 Å². The Labute approximate surface area is 151 Å². The summed E-state index contributed by atoms with van der Waals surface area (Å²) in [6, 6.07) is 3.83. The molecular formula is C16H23N3O4S2. The summed E-state index contributed by atoms with van der Waals surface area (Å²) in [4.78, 5) is 29.2. The maximum absolute atomic E-state index is 12.2. The summed E-state index contributed by atoms with van der Waals surface area (Å²) in [6.45, 7) is 4.58. The molecule has 1 aromatic heterocycles. The van der Waals surface area contributed by atoms with Crippen LogP contribution in [-0.4, -0.2) is 68.1 Å². The number of amides is 2. The molecule has 0 atom stereocenters. The van der Waals surface area contributed by atoms with Crippen molar-refractivity contribution in [3.63, 3.8) is 0 Å². The number of rotatable bonds is 5. The van der Waals surface area contributed by atoms with Crippen molar-refractivity contribution in [1.29, 1.82) is 0 Å². The number of carbonyl (C=O) groups excluding carboxylic acids is 2. The molecule has 1 aromatic rings. The van der Waals surface area contributed by atoms with Gasteiger partial charge in [0.25, 0.3) is 9.84 Å². The maximum atomic E-state index is 12.2. The first-order valence-corrected chi connectivity index (χ1v) is 10.8. The number of carbonyl (C=O) groups is 2. The zero-order valence-electron chi connectivity index (χ0n) is 14.2. The lowest BCUT2D eigenvalue weighted by molar-refractivity contribution is -0.131. The largest absolute Gasteiger partial charge is 0.342 e. The summed E-state index contributed by atoms with van der Waals surface area (Å²) in [5.41, 5.74) is 0. The highest BCUT2D eigenvalue weighted by molar-refractivity contribution is 8.07. The van der Waals surface area contributed by atoms with E-state index in [2.05, 4.69) is 10.2 Å². The Hall–Kier alpha value is -1.45. The van der Waals surface area contributed by atoms with E-state index >= 15 is 0 Å². The van der Waals surface area contributed by atoms with Gasteiger partial charge in [-0.05, 0) is 31.4 Å². The number of aryl methyl sites for hydroxylation is 1. The third-order valence-corrected chi connectivity index (χ3v) is 7.84. The van der Waals surface area contributed by atoms with Crippen molar-refractivity contribution in [1.82, 2.24) is 15.1 Å². The fourth-order valence-corrected chi connectivity index (χ4v) is 5.27. The van der Waals surface area contributed by atoms with Crippen LogP contribution >= 0.6 is 11.3 Å². The molecule has 138 valence electrons. The molecule has 1 aliphatic carbocycles. The predicted octanol–water partition coefficient (Wildman–Crippen LogP) is 1.10. The zero-order chi connectivity index (χ0) is 18.0. The zero-order valence-corrected chi connectivity index (χ0v) is 15.9. The number of sulfone groups is 1. The highest BCUT2D eigenvalue weighted by Crippen LogP contribution is 2.27. The number of hydrogen-bond donors (Lipinski definition) is 1. The topological polar surface area (TPSA) is 86.8 Å². The van der Waals surface area contributed by atoms with Gasteiger partial charge in [0.2, 0.25) is 5.91 Å². The first-order chi connectivity index (χ1) is 11.9. The van der Waals surface area contributed by atoms with E-state index in [-0.39, 0.29) is 16.7 Å². The van der Waals surface area contributed by atoms with Crippen molar-refractivity contribution >= 4 is 32.3 Å². The van der Waals surface area contributed by atoms with Crippen molar-refractivity contribution < 1.29 is 18.0 Å². The molecule has 0 radical (unpaired) electrons. The molecule has 1 saturated carbocycles. The van der Waals surface area contributed by atoms with Crippen LogP contribution in [0.2, 0.25) is 0 Å². The maximum Gasteiger partial charge on any atom is 0.342 e. The van der Waals surface area contributed by atoms with Gasteiger partial charge in [0.05, 0.1) is 6.54 Å². The molecule has 9 heteroatoms. The van der Waals surface area contributed by atoms with Gasteiger partial charge in [-0.3, -0.25) is 14.5 Å². The monoisotopic (exact) mass is 385 g/mol. The number of nitrogens with one attached hydrogen (secondary N) is 1. The molecular weight excluding hydrogens is 362 g/mol. The fraction of sp³-hybridized carbons (Fsp3) is 0.625. The van der Waals surface area contributed by atoms with Crippen LogP contribution in [0.1, 0.15) is 24.6 Å². The molecule has 0 aromatic carbocycles. The molecule has 2 fully saturated rings. The van der Waals surface area contributed by atoms with Gasteiger partial charge < -0.3 is 10.2 Å². The summed E-state index contributed by atoms with van der Waals surface area (Å²) >= 11 is 1.09. The van der Waals surface area contributed by atoms with E-state index in [4.69, 9.17) is 0 Å². The highest BCUT2D eigenvalue weighted by atomic mass is 32.2. The van der Waals surface area contributed by atoms with Gasteiger partial charge >= 0.3 is 5.24 Å². The lowest BCUT2D eigenvalue weighted by Crippen LogP contribution is -2.51. The molecule has 2 amide bonds. The van der Waals surface area contributed by atoms with E-state index in [1.165, 1.54) is 18.9 Å². The van der Waals surface area contributed by atoms with Crippen molar-refractivity contribution in [3.05, 3.63) is 17.0 Å². The Bertz CT molecular complexity index is 747. The molecule has 25 heavy (non-hydrogen) atoms. The first kappa shape index (κ1) is 18.3.